The molecule has 3 aromatic rings. The minimum Gasteiger partial charge on any atom is -0.325 e. The first-order valence-electron chi connectivity index (χ1n) is 8.25. The zero-order valence-electron chi connectivity index (χ0n) is 14.7. The number of aromatic nitrogens is 3. The van der Waals surface area contributed by atoms with Crippen molar-refractivity contribution in [2.45, 2.75) is 19.0 Å². The van der Waals surface area contributed by atoms with E-state index >= 15 is 0 Å². The Kier molecular flexibility index (Phi) is 5.86. The van der Waals surface area contributed by atoms with Gasteiger partial charge in [-0.05, 0) is 48.7 Å². The Hall–Kier alpha value is -2.86. The number of aromatic amines is 1. The third-order valence-electron chi connectivity index (χ3n) is 3.55. The van der Waals surface area contributed by atoms with E-state index < -0.39 is 0 Å². The maximum Gasteiger partial charge on any atom is 0.234 e. The van der Waals surface area contributed by atoms with Crippen molar-refractivity contribution in [2.24, 2.45) is 0 Å². The molecule has 6 heteroatoms. The summed E-state index contributed by atoms with van der Waals surface area (Å²) < 4.78 is 0. The summed E-state index contributed by atoms with van der Waals surface area (Å²) in [6.07, 6.45) is 3.82. The second kappa shape index (κ2) is 8.49. The first kappa shape index (κ1) is 17.9. The maximum atomic E-state index is 12.1. The highest BCUT2D eigenvalue weighted by Gasteiger charge is 2.08. The van der Waals surface area contributed by atoms with Crippen molar-refractivity contribution in [3.8, 4) is 0 Å². The number of rotatable bonds is 6. The Morgan fingerprint density at radius 1 is 1.12 bits per heavy atom. The lowest BCUT2D eigenvalue weighted by atomic mass is 10.1. The van der Waals surface area contributed by atoms with Gasteiger partial charge in [0.15, 0.2) is 0 Å². The number of hydrogen-bond donors (Lipinski definition) is 2. The summed E-state index contributed by atoms with van der Waals surface area (Å²) in [6, 6.07) is 15.9. The molecule has 0 aliphatic rings. The number of nitrogens with zero attached hydrogens (tertiary/aromatic N) is 2. The third-order valence-corrected chi connectivity index (χ3v) is 4.40. The molecule has 0 unspecified atom stereocenters. The second-order valence-electron chi connectivity index (χ2n) is 5.96. The van der Waals surface area contributed by atoms with Crippen LogP contribution in [0.5, 0.6) is 0 Å². The number of H-pyrrole nitrogens is 1. The fourth-order valence-electron chi connectivity index (χ4n) is 2.51. The van der Waals surface area contributed by atoms with Gasteiger partial charge < -0.3 is 5.32 Å². The number of carbonyl (C=O) groups excluding carboxylic acids is 1. The SMILES string of the molecule is Cc1cc(C)cc(NC(=O)CSc2n[nH]c(/C=C/c3ccccc3)n2)c1. The number of thioether (sulfide) groups is 1. The summed E-state index contributed by atoms with van der Waals surface area (Å²) in [6.45, 7) is 4.02. The van der Waals surface area contributed by atoms with E-state index in [-0.39, 0.29) is 11.7 Å². The minimum absolute atomic E-state index is 0.0776. The van der Waals surface area contributed by atoms with E-state index in [2.05, 4.69) is 26.6 Å². The van der Waals surface area contributed by atoms with E-state index in [4.69, 9.17) is 0 Å². The molecule has 1 aromatic heterocycles. The van der Waals surface area contributed by atoms with Crippen LogP contribution in [-0.4, -0.2) is 26.8 Å². The number of amides is 1. The zero-order valence-corrected chi connectivity index (χ0v) is 15.5. The van der Waals surface area contributed by atoms with Gasteiger partial charge >= 0.3 is 0 Å². The summed E-state index contributed by atoms with van der Waals surface area (Å²) in [4.78, 5) is 16.5. The molecule has 26 heavy (non-hydrogen) atoms. The molecule has 2 aromatic carbocycles. The van der Waals surface area contributed by atoms with Crippen molar-refractivity contribution in [1.82, 2.24) is 15.2 Å². The molecular formula is C20H20N4OS. The number of nitrogens with one attached hydrogen (secondary N) is 2. The van der Waals surface area contributed by atoms with Crippen molar-refractivity contribution in [2.75, 3.05) is 11.1 Å². The lowest BCUT2D eigenvalue weighted by Gasteiger charge is -2.06. The van der Waals surface area contributed by atoms with Crippen LogP contribution in [0.3, 0.4) is 0 Å². The predicted octanol–water partition coefficient (Wildman–Crippen LogP) is 4.32. The smallest absolute Gasteiger partial charge is 0.234 e. The molecule has 2 N–H and O–H groups in total. The summed E-state index contributed by atoms with van der Waals surface area (Å²) in [5.41, 5.74) is 4.15. The number of benzene rings is 2. The summed E-state index contributed by atoms with van der Waals surface area (Å²) in [5.74, 6) is 0.837. The average molecular weight is 364 g/mol. The molecule has 3 rings (SSSR count). The van der Waals surface area contributed by atoms with Gasteiger partial charge in [-0.1, -0.05) is 54.2 Å². The molecule has 0 fully saturated rings. The lowest BCUT2D eigenvalue weighted by Crippen LogP contribution is -2.14. The van der Waals surface area contributed by atoms with Crippen molar-refractivity contribution in [3.63, 3.8) is 0 Å². The van der Waals surface area contributed by atoms with Gasteiger partial charge in [-0.25, -0.2) is 4.98 Å². The Morgan fingerprint density at radius 3 is 2.58 bits per heavy atom. The minimum atomic E-state index is -0.0776. The van der Waals surface area contributed by atoms with Crippen LogP contribution < -0.4 is 5.32 Å². The van der Waals surface area contributed by atoms with E-state index in [1.807, 2.05) is 68.5 Å². The maximum absolute atomic E-state index is 12.1. The van der Waals surface area contributed by atoms with Crippen molar-refractivity contribution in [3.05, 3.63) is 71.0 Å². The molecule has 0 saturated heterocycles. The number of hydrogen-bond acceptors (Lipinski definition) is 4. The molecule has 0 saturated carbocycles. The van der Waals surface area contributed by atoms with Crippen LogP contribution in [0, 0.1) is 13.8 Å². The van der Waals surface area contributed by atoms with E-state index in [0.29, 0.717) is 11.0 Å². The van der Waals surface area contributed by atoms with Gasteiger partial charge in [0.05, 0.1) is 5.75 Å². The number of aryl methyl sites for hydroxylation is 2. The first-order chi connectivity index (χ1) is 12.6. The second-order valence-corrected chi connectivity index (χ2v) is 6.90. The molecule has 1 heterocycles. The van der Waals surface area contributed by atoms with Gasteiger partial charge in [0.25, 0.3) is 0 Å². The highest BCUT2D eigenvalue weighted by molar-refractivity contribution is 7.99. The lowest BCUT2D eigenvalue weighted by molar-refractivity contribution is -0.113. The normalized spacial score (nSPS) is 11.0. The summed E-state index contributed by atoms with van der Waals surface area (Å²) >= 11 is 1.30. The predicted molar refractivity (Wildman–Crippen MR) is 107 cm³/mol. The van der Waals surface area contributed by atoms with Crippen molar-refractivity contribution in [1.29, 1.82) is 0 Å². The van der Waals surface area contributed by atoms with E-state index in [1.54, 1.807) is 0 Å². The third kappa shape index (κ3) is 5.32. The Morgan fingerprint density at radius 2 is 1.85 bits per heavy atom. The van der Waals surface area contributed by atoms with Crippen LogP contribution in [0.15, 0.2) is 53.7 Å². The van der Waals surface area contributed by atoms with Gasteiger partial charge in [0.2, 0.25) is 11.1 Å². The Balaban J connectivity index is 1.53. The van der Waals surface area contributed by atoms with Crippen LogP contribution in [0.4, 0.5) is 5.69 Å². The first-order valence-corrected chi connectivity index (χ1v) is 9.23. The summed E-state index contributed by atoms with van der Waals surface area (Å²) in [5, 5.41) is 10.5. The quantitative estimate of drug-likeness (QED) is 0.639. The molecule has 5 nitrogen and oxygen atoms in total. The van der Waals surface area contributed by atoms with Crippen LogP contribution in [0.1, 0.15) is 22.5 Å². The van der Waals surface area contributed by atoms with Crippen LogP contribution >= 0.6 is 11.8 Å². The van der Waals surface area contributed by atoms with Crippen molar-refractivity contribution < 1.29 is 4.79 Å². The van der Waals surface area contributed by atoms with Gasteiger partial charge in [-0.15, -0.1) is 5.10 Å². The standard InChI is InChI=1S/C20H20N4OS/c1-14-10-15(2)12-17(11-14)21-19(25)13-26-20-22-18(23-24-20)9-8-16-6-4-3-5-7-16/h3-12H,13H2,1-2H3,(H,21,25)(H,22,23,24)/b9-8+. The number of anilines is 1. The van der Waals surface area contributed by atoms with Crippen LogP contribution in [-0.2, 0) is 4.79 Å². The highest BCUT2D eigenvalue weighted by Crippen LogP contribution is 2.16. The van der Waals surface area contributed by atoms with Crippen LogP contribution in [0.2, 0.25) is 0 Å². The molecule has 1 amide bonds. The molecule has 0 radical (unpaired) electrons. The van der Waals surface area contributed by atoms with E-state index in [1.165, 1.54) is 11.8 Å². The van der Waals surface area contributed by atoms with Gasteiger partial charge in [0.1, 0.15) is 5.82 Å². The van der Waals surface area contributed by atoms with E-state index in [9.17, 15) is 4.79 Å². The highest BCUT2D eigenvalue weighted by atomic mass is 32.2. The number of carbonyl (C=O) groups is 1. The van der Waals surface area contributed by atoms with Crippen molar-refractivity contribution >= 4 is 35.5 Å². The fourth-order valence-corrected chi connectivity index (χ4v) is 3.12. The molecule has 0 spiro atoms. The molecular weight excluding hydrogens is 344 g/mol. The molecule has 0 aliphatic carbocycles. The molecule has 0 aliphatic heterocycles. The zero-order chi connectivity index (χ0) is 18.4. The van der Waals surface area contributed by atoms with Crippen LogP contribution in [0.25, 0.3) is 12.2 Å². The topological polar surface area (TPSA) is 70.7 Å². The van der Waals surface area contributed by atoms with E-state index in [0.717, 1.165) is 22.4 Å². The average Bonchev–Trinajstić information content (AvgIpc) is 3.06. The monoisotopic (exact) mass is 364 g/mol. The van der Waals surface area contributed by atoms with Gasteiger partial charge in [-0.2, -0.15) is 0 Å². The molecule has 132 valence electrons. The van der Waals surface area contributed by atoms with Gasteiger partial charge in [-0.3, -0.25) is 9.89 Å². The summed E-state index contributed by atoms with van der Waals surface area (Å²) in [7, 11) is 0. The largest absolute Gasteiger partial charge is 0.325 e. The Bertz CT molecular complexity index is 898. The molecule has 0 bridgehead atoms. The van der Waals surface area contributed by atoms with Gasteiger partial charge in [0, 0.05) is 5.69 Å². The fraction of sp³-hybridized carbons (Fsp3) is 0.150. The molecule has 0 atom stereocenters. The Labute approximate surface area is 156 Å².